The Kier molecular flexibility index (Phi) is 4.35. The molecule has 0 aliphatic rings. The van der Waals surface area contributed by atoms with E-state index in [0.717, 1.165) is 5.56 Å². The molecule has 0 atom stereocenters. The maximum Gasteiger partial charge on any atom is 0.229 e. The van der Waals surface area contributed by atoms with Gasteiger partial charge in [0.1, 0.15) is 11.6 Å². The van der Waals surface area contributed by atoms with Gasteiger partial charge in [-0.25, -0.2) is 9.97 Å². The Bertz CT molecular complexity index is 617. The van der Waals surface area contributed by atoms with Crippen LogP contribution in [-0.2, 0) is 11.2 Å². The number of halogens is 2. The van der Waals surface area contributed by atoms with Crippen molar-refractivity contribution in [3.05, 3.63) is 51.9 Å². The Morgan fingerprint density at radius 2 is 2.05 bits per heavy atom. The average molecular weight is 296 g/mol. The molecule has 0 saturated carbocycles. The smallest absolute Gasteiger partial charge is 0.229 e. The van der Waals surface area contributed by atoms with E-state index < -0.39 is 0 Å². The first-order valence-corrected chi connectivity index (χ1v) is 6.33. The topological polar surface area (TPSA) is 54.9 Å². The molecule has 1 aromatic carbocycles. The van der Waals surface area contributed by atoms with Crippen LogP contribution in [0.5, 0.6) is 0 Å². The zero-order chi connectivity index (χ0) is 13.8. The van der Waals surface area contributed by atoms with Crippen LogP contribution < -0.4 is 5.32 Å². The molecule has 0 aliphatic carbocycles. The summed E-state index contributed by atoms with van der Waals surface area (Å²) in [5.74, 6) is 0.918. The predicted molar refractivity (Wildman–Crippen MR) is 75.6 cm³/mol. The standard InChI is InChI=1S/C13H11Cl2N3O/c1-8-16-5-4-12(17-8)18-13(19)7-9-2-3-10(14)11(15)6-9/h2-6H,7H2,1H3,(H,16,17,18,19). The summed E-state index contributed by atoms with van der Waals surface area (Å²) < 4.78 is 0. The average Bonchev–Trinajstić information content (AvgIpc) is 2.34. The van der Waals surface area contributed by atoms with E-state index in [0.29, 0.717) is 21.7 Å². The quantitative estimate of drug-likeness (QED) is 0.945. The number of rotatable bonds is 3. The number of benzene rings is 1. The Labute approximate surface area is 120 Å². The van der Waals surface area contributed by atoms with Gasteiger partial charge in [-0.15, -0.1) is 0 Å². The van der Waals surface area contributed by atoms with Crippen molar-refractivity contribution in [3.63, 3.8) is 0 Å². The Hall–Kier alpha value is -1.65. The first kappa shape index (κ1) is 13.8. The summed E-state index contributed by atoms with van der Waals surface area (Å²) in [6, 6.07) is 6.74. The van der Waals surface area contributed by atoms with Crippen molar-refractivity contribution in [2.45, 2.75) is 13.3 Å². The van der Waals surface area contributed by atoms with Gasteiger partial charge in [0.2, 0.25) is 5.91 Å². The molecule has 1 N–H and O–H groups in total. The van der Waals surface area contributed by atoms with Gasteiger partial charge in [0.15, 0.2) is 0 Å². The molecule has 1 heterocycles. The number of carbonyl (C=O) groups excluding carboxylic acids is 1. The molecule has 2 rings (SSSR count). The van der Waals surface area contributed by atoms with Crippen molar-refractivity contribution in [1.29, 1.82) is 0 Å². The zero-order valence-electron chi connectivity index (χ0n) is 10.2. The third-order valence-electron chi connectivity index (χ3n) is 2.39. The molecule has 6 heteroatoms. The number of hydrogen-bond acceptors (Lipinski definition) is 3. The summed E-state index contributed by atoms with van der Waals surface area (Å²) in [6.07, 6.45) is 1.80. The highest BCUT2D eigenvalue weighted by molar-refractivity contribution is 6.42. The third kappa shape index (κ3) is 3.91. The molecule has 1 amide bonds. The van der Waals surface area contributed by atoms with E-state index in [4.69, 9.17) is 23.2 Å². The Morgan fingerprint density at radius 3 is 2.74 bits per heavy atom. The maximum absolute atomic E-state index is 11.8. The van der Waals surface area contributed by atoms with Crippen LogP contribution in [0, 0.1) is 6.92 Å². The van der Waals surface area contributed by atoms with Crippen molar-refractivity contribution in [2.75, 3.05) is 5.32 Å². The van der Waals surface area contributed by atoms with Gasteiger partial charge < -0.3 is 5.32 Å². The molecule has 4 nitrogen and oxygen atoms in total. The van der Waals surface area contributed by atoms with Gasteiger partial charge >= 0.3 is 0 Å². The fourth-order valence-corrected chi connectivity index (χ4v) is 1.87. The number of nitrogens with one attached hydrogen (secondary N) is 1. The van der Waals surface area contributed by atoms with Crippen LogP contribution in [0.25, 0.3) is 0 Å². The number of aryl methyl sites for hydroxylation is 1. The van der Waals surface area contributed by atoms with Gasteiger partial charge in [-0.05, 0) is 30.7 Å². The summed E-state index contributed by atoms with van der Waals surface area (Å²) in [5.41, 5.74) is 0.790. The highest BCUT2D eigenvalue weighted by Crippen LogP contribution is 2.22. The summed E-state index contributed by atoms with van der Waals surface area (Å²) in [7, 11) is 0. The summed E-state index contributed by atoms with van der Waals surface area (Å²) in [6.45, 7) is 1.76. The Balaban J connectivity index is 2.03. The lowest BCUT2D eigenvalue weighted by Crippen LogP contribution is -2.15. The van der Waals surface area contributed by atoms with E-state index in [-0.39, 0.29) is 12.3 Å². The molecule has 0 aliphatic heterocycles. The molecule has 0 radical (unpaired) electrons. The summed E-state index contributed by atoms with van der Waals surface area (Å²) in [4.78, 5) is 19.9. The number of hydrogen-bond donors (Lipinski definition) is 1. The summed E-state index contributed by atoms with van der Waals surface area (Å²) >= 11 is 11.7. The van der Waals surface area contributed by atoms with E-state index >= 15 is 0 Å². The van der Waals surface area contributed by atoms with E-state index in [1.165, 1.54) is 0 Å². The molecule has 1 aromatic heterocycles. The van der Waals surface area contributed by atoms with E-state index in [1.54, 1.807) is 37.4 Å². The third-order valence-corrected chi connectivity index (χ3v) is 3.13. The van der Waals surface area contributed by atoms with Crippen LogP contribution in [0.15, 0.2) is 30.5 Å². The fraction of sp³-hybridized carbons (Fsp3) is 0.154. The first-order chi connectivity index (χ1) is 9.04. The van der Waals surface area contributed by atoms with Crippen molar-refractivity contribution in [1.82, 2.24) is 9.97 Å². The lowest BCUT2D eigenvalue weighted by Gasteiger charge is -2.05. The number of aromatic nitrogens is 2. The summed E-state index contributed by atoms with van der Waals surface area (Å²) in [5, 5.41) is 3.60. The van der Waals surface area contributed by atoms with Crippen molar-refractivity contribution < 1.29 is 4.79 Å². The van der Waals surface area contributed by atoms with Crippen LogP contribution in [0.4, 0.5) is 5.82 Å². The molecule has 0 unspecified atom stereocenters. The fourth-order valence-electron chi connectivity index (χ4n) is 1.55. The molecular weight excluding hydrogens is 285 g/mol. The number of nitrogens with zero attached hydrogens (tertiary/aromatic N) is 2. The van der Waals surface area contributed by atoms with Crippen LogP contribution in [0.1, 0.15) is 11.4 Å². The lowest BCUT2D eigenvalue weighted by molar-refractivity contribution is -0.115. The molecule has 0 spiro atoms. The van der Waals surface area contributed by atoms with Gasteiger partial charge in [-0.3, -0.25) is 4.79 Å². The molecule has 19 heavy (non-hydrogen) atoms. The van der Waals surface area contributed by atoms with E-state index in [1.807, 2.05) is 0 Å². The first-order valence-electron chi connectivity index (χ1n) is 5.58. The second-order valence-electron chi connectivity index (χ2n) is 3.96. The number of anilines is 1. The minimum Gasteiger partial charge on any atom is -0.310 e. The normalized spacial score (nSPS) is 10.3. The SMILES string of the molecule is Cc1nccc(NC(=O)Cc2ccc(Cl)c(Cl)c2)n1. The maximum atomic E-state index is 11.8. The molecule has 0 fully saturated rings. The monoisotopic (exact) mass is 295 g/mol. The molecular formula is C13H11Cl2N3O. The highest BCUT2D eigenvalue weighted by Gasteiger charge is 2.07. The number of carbonyl (C=O) groups is 1. The van der Waals surface area contributed by atoms with Crippen LogP contribution in [0.3, 0.4) is 0 Å². The van der Waals surface area contributed by atoms with Crippen molar-refractivity contribution >= 4 is 34.9 Å². The van der Waals surface area contributed by atoms with Crippen LogP contribution >= 0.6 is 23.2 Å². The molecule has 0 bridgehead atoms. The lowest BCUT2D eigenvalue weighted by atomic mass is 10.1. The second-order valence-corrected chi connectivity index (χ2v) is 4.78. The molecule has 98 valence electrons. The second kappa shape index (κ2) is 5.99. The van der Waals surface area contributed by atoms with Crippen molar-refractivity contribution in [3.8, 4) is 0 Å². The Morgan fingerprint density at radius 1 is 1.26 bits per heavy atom. The minimum atomic E-state index is -0.170. The van der Waals surface area contributed by atoms with Crippen LogP contribution in [-0.4, -0.2) is 15.9 Å². The largest absolute Gasteiger partial charge is 0.310 e. The number of amides is 1. The van der Waals surface area contributed by atoms with Crippen LogP contribution in [0.2, 0.25) is 10.0 Å². The molecule has 0 saturated heterocycles. The highest BCUT2D eigenvalue weighted by atomic mass is 35.5. The molecule has 2 aromatic rings. The van der Waals surface area contributed by atoms with Gasteiger partial charge in [-0.1, -0.05) is 29.3 Å². The minimum absolute atomic E-state index is 0.170. The van der Waals surface area contributed by atoms with Gasteiger partial charge in [0, 0.05) is 6.20 Å². The predicted octanol–water partition coefficient (Wildman–Crippen LogP) is 3.27. The van der Waals surface area contributed by atoms with Gasteiger partial charge in [0.05, 0.1) is 16.5 Å². The van der Waals surface area contributed by atoms with Crippen molar-refractivity contribution in [2.24, 2.45) is 0 Å². The zero-order valence-corrected chi connectivity index (χ0v) is 11.7. The van der Waals surface area contributed by atoms with E-state index in [2.05, 4.69) is 15.3 Å². The van der Waals surface area contributed by atoms with Gasteiger partial charge in [0.25, 0.3) is 0 Å². The van der Waals surface area contributed by atoms with Gasteiger partial charge in [-0.2, -0.15) is 0 Å². The van der Waals surface area contributed by atoms with E-state index in [9.17, 15) is 4.79 Å².